The van der Waals surface area contributed by atoms with E-state index in [9.17, 15) is 4.79 Å². The Labute approximate surface area is 113 Å². The molecule has 94 valence electrons. The molecule has 1 aliphatic rings. The number of nitriles is 1. The highest BCUT2D eigenvalue weighted by molar-refractivity contribution is 7.17. The average Bonchev–Trinajstić information content (AvgIpc) is 2.89. The number of ether oxygens (including phenoxy) is 2. The lowest BCUT2D eigenvalue weighted by Gasteiger charge is -2.16. The summed E-state index contributed by atoms with van der Waals surface area (Å²) in [6.07, 6.45) is 0. The fraction of sp³-hybridized carbons (Fsp3) is 0.143. The average molecular weight is 271 g/mol. The van der Waals surface area contributed by atoms with Crippen LogP contribution in [-0.4, -0.2) is 12.6 Å². The van der Waals surface area contributed by atoms with Crippen LogP contribution in [0.5, 0.6) is 5.75 Å². The lowest BCUT2D eigenvalue weighted by Crippen LogP contribution is -2.03. The van der Waals surface area contributed by atoms with E-state index in [1.807, 2.05) is 24.3 Å². The Kier molecular flexibility index (Phi) is 2.94. The van der Waals surface area contributed by atoms with Gasteiger partial charge in [0.05, 0.1) is 0 Å². The highest BCUT2D eigenvalue weighted by Gasteiger charge is 2.22. The van der Waals surface area contributed by atoms with Crippen molar-refractivity contribution in [3.8, 4) is 22.3 Å². The molecule has 0 saturated heterocycles. The van der Waals surface area contributed by atoms with Crippen molar-refractivity contribution in [2.45, 2.75) is 6.61 Å². The highest BCUT2D eigenvalue weighted by Crippen LogP contribution is 2.42. The van der Waals surface area contributed by atoms with Gasteiger partial charge in [-0.1, -0.05) is 12.1 Å². The smallest absolute Gasteiger partial charge is 0.349 e. The van der Waals surface area contributed by atoms with Crippen LogP contribution < -0.4 is 4.74 Å². The van der Waals surface area contributed by atoms with Crippen molar-refractivity contribution in [2.24, 2.45) is 0 Å². The minimum atomic E-state index is -0.460. The van der Waals surface area contributed by atoms with Crippen LogP contribution in [0.4, 0.5) is 0 Å². The van der Waals surface area contributed by atoms with Crippen LogP contribution in [0.1, 0.15) is 15.2 Å². The monoisotopic (exact) mass is 271 g/mol. The van der Waals surface area contributed by atoms with E-state index in [2.05, 4.69) is 0 Å². The molecule has 0 radical (unpaired) electrons. The summed E-state index contributed by atoms with van der Waals surface area (Å²) in [5.41, 5.74) is 1.97. The van der Waals surface area contributed by atoms with E-state index in [0.29, 0.717) is 11.5 Å². The maximum atomic E-state index is 11.7. The first-order chi connectivity index (χ1) is 9.29. The molecule has 0 fully saturated rings. The van der Waals surface area contributed by atoms with Gasteiger partial charge in [-0.15, -0.1) is 11.3 Å². The van der Waals surface area contributed by atoms with Crippen LogP contribution >= 0.6 is 11.3 Å². The van der Waals surface area contributed by atoms with Crippen LogP contribution in [0.25, 0.3) is 10.4 Å². The number of rotatable bonds is 2. The molecule has 19 heavy (non-hydrogen) atoms. The SMILES string of the molecule is N#CCOC(=O)c1cc2c(s1)-c1ccccc1OC2. The molecule has 0 amide bonds. The summed E-state index contributed by atoms with van der Waals surface area (Å²) < 4.78 is 10.4. The third-order valence-corrected chi connectivity index (χ3v) is 3.98. The van der Waals surface area contributed by atoms with Gasteiger partial charge in [-0.3, -0.25) is 0 Å². The van der Waals surface area contributed by atoms with Crippen molar-refractivity contribution in [3.63, 3.8) is 0 Å². The van der Waals surface area contributed by atoms with Crippen LogP contribution in [-0.2, 0) is 11.3 Å². The normalized spacial score (nSPS) is 11.7. The highest BCUT2D eigenvalue weighted by atomic mass is 32.1. The molecule has 0 unspecified atom stereocenters. The molecule has 0 saturated carbocycles. The molecule has 1 aromatic heterocycles. The first-order valence-electron chi connectivity index (χ1n) is 5.68. The van der Waals surface area contributed by atoms with Crippen LogP contribution in [0, 0.1) is 11.3 Å². The predicted molar refractivity (Wildman–Crippen MR) is 70.0 cm³/mol. The zero-order valence-corrected chi connectivity index (χ0v) is 10.7. The third-order valence-electron chi connectivity index (χ3n) is 2.79. The predicted octanol–water partition coefficient (Wildman–Crippen LogP) is 2.99. The molecular formula is C14H9NO3S. The van der Waals surface area contributed by atoms with E-state index in [1.54, 1.807) is 12.1 Å². The standard InChI is InChI=1S/C14H9NO3S/c15-5-6-17-14(16)12-7-9-8-18-11-4-2-1-3-10(11)13(9)19-12/h1-4,7H,6,8H2. The van der Waals surface area contributed by atoms with Gasteiger partial charge in [0.25, 0.3) is 0 Å². The van der Waals surface area contributed by atoms with E-state index in [-0.39, 0.29) is 6.61 Å². The Morgan fingerprint density at radius 1 is 1.47 bits per heavy atom. The number of thiophene rings is 1. The number of nitrogens with zero attached hydrogens (tertiary/aromatic N) is 1. The number of esters is 1. The molecule has 5 heteroatoms. The first-order valence-corrected chi connectivity index (χ1v) is 6.50. The van der Waals surface area contributed by atoms with E-state index in [0.717, 1.165) is 21.8 Å². The Morgan fingerprint density at radius 2 is 2.32 bits per heavy atom. The van der Waals surface area contributed by atoms with Crippen molar-refractivity contribution in [1.82, 2.24) is 0 Å². The molecule has 2 heterocycles. The van der Waals surface area contributed by atoms with E-state index in [4.69, 9.17) is 14.7 Å². The number of para-hydroxylation sites is 1. The van der Waals surface area contributed by atoms with Crippen molar-refractivity contribution in [3.05, 3.63) is 40.8 Å². The van der Waals surface area contributed by atoms with Gasteiger partial charge in [0.2, 0.25) is 0 Å². The van der Waals surface area contributed by atoms with Gasteiger partial charge in [-0.05, 0) is 18.2 Å². The minimum Gasteiger partial charge on any atom is -0.488 e. The van der Waals surface area contributed by atoms with Crippen LogP contribution in [0.2, 0.25) is 0 Å². The summed E-state index contributed by atoms with van der Waals surface area (Å²) in [6.45, 7) is 0.225. The summed E-state index contributed by atoms with van der Waals surface area (Å²) in [4.78, 5) is 13.3. The molecule has 0 bridgehead atoms. The summed E-state index contributed by atoms with van der Waals surface area (Å²) in [5.74, 6) is 0.368. The van der Waals surface area contributed by atoms with Gasteiger partial charge in [0.1, 0.15) is 23.3 Å². The lowest BCUT2D eigenvalue weighted by atomic mass is 10.1. The lowest BCUT2D eigenvalue weighted by molar-refractivity contribution is 0.0560. The third kappa shape index (κ3) is 2.07. The second kappa shape index (κ2) is 4.75. The quantitative estimate of drug-likeness (QED) is 0.788. The van der Waals surface area contributed by atoms with Crippen molar-refractivity contribution >= 4 is 17.3 Å². The molecule has 2 aromatic rings. The molecular weight excluding hydrogens is 262 g/mol. The number of carbonyl (C=O) groups excluding carboxylic acids is 1. The Bertz CT molecular complexity index is 684. The second-order valence-corrected chi connectivity index (χ2v) is 5.04. The van der Waals surface area contributed by atoms with Gasteiger partial charge in [0, 0.05) is 16.0 Å². The summed E-state index contributed by atoms with van der Waals surface area (Å²) in [7, 11) is 0. The van der Waals surface area contributed by atoms with Gasteiger partial charge in [0.15, 0.2) is 6.61 Å². The number of hydrogen-bond donors (Lipinski definition) is 0. The summed E-state index contributed by atoms with van der Waals surface area (Å²) in [6, 6.07) is 11.3. The van der Waals surface area contributed by atoms with E-state index >= 15 is 0 Å². The van der Waals surface area contributed by atoms with Gasteiger partial charge in [-0.25, -0.2) is 4.79 Å². The maximum Gasteiger partial charge on any atom is 0.349 e. The molecule has 1 aliphatic heterocycles. The molecule has 0 aliphatic carbocycles. The first kappa shape index (κ1) is 11.8. The fourth-order valence-corrected chi connectivity index (χ4v) is 3.06. The summed E-state index contributed by atoms with van der Waals surface area (Å²) in [5, 5.41) is 8.41. The van der Waals surface area contributed by atoms with Crippen molar-refractivity contribution in [1.29, 1.82) is 5.26 Å². The van der Waals surface area contributed by atoms with Crippen LogP contribution in [0.15, 0.2) is 30.3 Å². The van der Waals surface area contributed by atoms with Crippen molar-refractivity contribution in [2.75, 3.05) is 6.61 Å². The minimum absolute atomic E-state index is 0.228. The maximum absolute atomic E-state index is 11.7. The van der Waals surface area contributed by atoms with Crippen molar-refractivity contribution < 1.29 is 14.3 Å². The number of hydrogen-bond acceptors (Lipinski definition) is 5. The Hall–Kier alpha value is -2.32. The number of carbonyl (C=O) groups is 1. The zero-order valence-electron chi connectivity index (χ0n) is 9.88. The fourth-order valence-electron chi connectivity index (χ4n) is 1.97. The van der Waals surface area contributed by atoms with Gasteiger partial charge in [-0.2, -0.15) is 5.26 Å². The van der Waals surface area contributed by atoms with Gasteiger partial charge < -0.3 is 9.47 Å². The molecule has 0 N–H and O–H groups in total. The second-order valence-electron chi connectivity index (χ2n) is 3.98. The topological polar surface area (TPSA) is 59.3 Å². The molecule has 0 spiro atoms. The van der Waals surface area contributed by atoms with E-state index < -0.39 is 5.97 Å². The Balaban J connectivity index is 1.97. The zero-order chi connectivity index (χ0) is 13.2. The van der Waals surface area contributed by atoms with Crippen LogP contribution in [0.3, 0.4) is 0 Å². The largest absolute Gasteiger partial charge is 0.488 e. The van der Waals surface area contributed by atoms with Gasteiger partial charge >= 0.3 is 5.97 Å². The molecule has 1 aromatic carbocycles. The summed E-state index contributed by atoms with van der Waals surface area (Å²) >= 11 is 1.37. The molecule has 0 atom stereocenters. The number of fused-ring (bicyclic) bond motifs is 3. The molecule has 3 rings (SSSR count). The molecule has 4 nitrogen and oxygen atoms in total. The Morgan fingerprint density at radius 3 is 3.16 bits per heavy atom. The van der Waals surface area contributed by atoms with E-state index in [1.165, 1.54) is 11.3 Å². The number of benzene rings is 1.